The van der Waals surface area contributed by atoms with Gasteiger partial charge in [-0.05, 0) is 36.2 Å². The summed E-state index contributed by atoms with van der Waals surface area (Å²) in [5.74, 6) is -1.12. The molecule has 0 atom stereocenters. The highest BCUT2D eigenvalue weighted by atomic mass is 19.1. The fraction of sp³-hybridized carbons (Fsp3) is 0.188. The number of carbonyl (C=O) groups is 1. The van der Waals surface area contributed by atoms with Gasteiger partial charge in [-0.25, -0.2) is 4.39 Å². The number of hydrogen-bond donors (Lipinski definition) is 2. The number of hydrogen-bond acceptors (Lipinski definition) is 3. The number of anilines is 2. The second-order valence-corrected chi connectivity index (χ2v) is 4.59. The van der Waals surface area contributed by atoms with Crippen LogP contribution in [0.2, 0.25) is 0 Å². The van der Waals surface area contributed by atoms with Gasteiger partial charge in [0, 0.05) is 18.5 Å². The van der Waals surface area contributed by atoms with Gasteiger partial charge in [0.05, 0.1) is 12.2 Å². The predicted octanol–water partition coefficient (Wildman–Crippen LogP) is 2.85. The third kappa shape index (κ3) is 3.79. The second kappa shape index (κ2) is 6.85. The summed E-state index contributed by atoms with van der Waals surface area (Å²) in [6.07, 6.45) is 0.659. The van der Waals surface area contributed by atoms with Crippen molar-refractivity contribution in [2.24, 2.45) is 0 Å². The summed E-state index contributed by atoms with van der Waals surface area (Å²) in [6.45, 7) is 0.541. The first-order valence-electron chi connectivity index (χ1n) is 6.55. The highest BCUT2D eigenvalue weighted by molar-refractivity contribution is 6.05. The molecule has 0 aromatic heterocycles. The first kappa shape index (κ1) is 15.0. The number of nitrogen functional groups attached to an aromatic ring is 1. The Balaban J connectivity index is 2.21. The number of para-hydroxylation sites is 1. The molecule has 0 saturated carbocycles. The van der Waals surface area contributed by atoms with Gasteiger partial charge in [0.25, 0.3) is 5.91 Å². The van der Waals surface area contributed by atoms with Crippen LogP contribution in [-0.2, 0) is 11.2 Å². The Morgan fingerprint density at radius 2 is 2.05 bits per heavy atom. The van der Waals surface area contributed by atoms with E-state index in [9.17, 15) is 9.18 Å². The van der Waals surface area contributed by atoms with Gasteiger partial charge < -0.3 is 15.8 Å². The average Bonchev–Trinajstić information content (AvgIpc) is 2.48. The van der Waals surface area contributed by atoms with E-state index < -0.39 is 11.7 Å². The number of halogens is 1. The summed E-state index contributed by atoms with van der Waals surface area (Å²) in [7, 11) is 1.61. The Morgan fingerprint density at radius 1 is 1.29 bits per heavy atom. The van der Waals surface area contributed by atoms with Crippen molar-refractivity contribution >= 4 is 17.3 Å². The molecule has 21 heavy (non-hydrogen) atoms. The summed E-state index contributed by atoms with van der Waals surface area (Å²) < 4.78 is 18.7. The largest absolute Gasteiger partial charge is 0.399 e. The van der Waals surface area contributed by atoms with Crippen LogP contribution in [0.15, 0.2) is 42.5 Å². The van der Waals surface area contributed by atoms with Crippen molar-refractivity contribution in [3.8, 4) is 0 Å². The number of methoxy groups -OCH3 is 1. The smallest absolute Gasteiger partial charge is 0.258 e. The van der Waals surface area contributed by atoms with Crippen molar-refractivity contribution in [1.82, 2.24) is 0 Å². The van der Waals surface area contributed by atoms with Crippen LogP contribution in [0.4, 0.5) is 15.8 Å². The van der Waals surface area contributed by atoms with Crippen molar-refractivity contribution in [2.45, 2.75) is 6.42 Å². The molecule has 5 heteroatoms. The lowest BCUT2D eigenvalue weighted by atomic mass is 10.1. The Labute approximate surface area is 122 Å². The first-order valence-corrected chi connectivity index (χ1v) is 6.55. The quantitative estimate of drug-likeness (QED) is 0.831. The zero-order chi connectivity index (χ0) is 15.2. The monoisotopic (exact) mass is 288 g/mol. The zero-order valence-corrected chi connectivity index (χ0v) is 11.7. The number of ether oxygens (including phenoxy) is 1. The Morgan fingerprint density at radius 3 is 2.81 bits per heavy atom. The minimum absolute atomic E-state index is 0.0726. The maximum Gasteiger partial charge on any atom is 0.258 e. The number of carbonyl (C=O) groups excluding carboxylic acids is 1. The van der Waals surface area contributed by atoms with Gasteiger partial charge in [0.15, 0.2) is 0 Å². The van der Waals surface area contributed by atoms with E-state index in [0.29, 0.717) is 24.4 Å². The molecule has 1 amide bonds. The predicted molar refractivity (Wildman–Crippen MR) is 80.8 cm³/mol. The maximum atomic E-state index is 13.7. The van der Waals surface area contributed by atoms with Crippen molar-refractivity contribution < 1.29 is 13.9 Å². The van der Waals surface area contributed by atoms with Gasteiger partial charge in [-0.3, -0.25) is 4.79 Å². The zero-order valence-electron chi connectivity index (χ0n) is 11.7. The molecule has 2 aromatic carbocycles. The number of amides is 1. The molecule has 0 spiro atoms. The molecule has 3 N–H and O–H groups in total. The van der Waals surface area contributed by atoms with E-state index in [1.807, 2.05) is 18.2 Å². The molecule has 0 aliphatic heterocycles. The van der Waals surface area contributed by atoms with E-state index in [4.69, 9.17) is 10.5 Å². The summed E-state index contributed by atoms with van der Waals surface area (Å²) >= 11 is 0. The van der Waals surface area contributed by atoms with Gasteiger partial charge in [-0.15, -0.1) is 0 Å². The van der Waals surface area contributed by atoms with Crippen LogP contribution in [0.3, 0.4) is 0 Å². The van der Waals surface area contributed by atoms with Crippen LogP contribution in [0.25, 0.3) is 0 Å². The summed E-state index contributed by atoms with van der Waals surface area (Å²) in [4.78, 5) is 12.2. The number of nitrogens with two attached hydrogens (primary N) is 1. The van der Waals surface area contributed by atoms with Gasteiger partial charge in [0.2, 0.25) is 0 Å². The lowest BCUT2D eigenvalue weighted by Crippen LogP contribution is -2.15. The van der Waals surface area contributed by atoms with Crippen LogP contribution in [0.1, 0.15) is 15.9 Å². The molecule has 2 rings (SSSR count). The van der Waals surface area contributed by atoms with E-state index in [-0.39, 0.29) is 5.56 Å². The molecule has 0 fully saturated rings. The van der Waals surface area contributed by atoms with Crippen LogP contribution < -0.4 is 11.1 Å². The van der Waals surface area contributed by atoms with E-state index >= 15 is 0 Å². The number of nitrogens with one attached hydrogen (secondary N) is 1. The van der Waals surface area contributed by atoms with E-state index in [0.717, 1.165) is 5.56 Å². The van der Waals surface area contributed by atoms with Crippen molar-refractivity contribution in [1.29, 1.82) is 0 Å². The highest BCUT2D eigenvalue weighted by Crippen LogP contribution is 2.19. The van der Waals surface area contributed by atoms with Crippen LogP contribution in [0.5, 0.6) is 0 Å². The molecular formula is C16H17FN2O2. The molecule has 2 aromatic rings. The summed E-state index contributed by atoms with van der Waals surface area (Å²) in [5, 5.41) is 2.71. The summed E-state index contributed by atoms with van der Waals surface area (Å²) in [5.41, 5.74) is 7.43. The van der Waals surface area contributed by atoms with Gasteiger partial charge in [-0.1, -0.05) is 18.2 Å². The Bertz CT molecular complexity index is 644. The standard InChI is InChI=1S/C16H17FN2O2/c1-21-9-8-11-4-2-3-5-15(11)19-16(20)13-10-12(18)6-7-14(13)17/h2-7,10H,8-9,18H2,1H3,(H,19,20). The van der Waals surface area contributed by atoms with Crippen LogP contribution in [-0.4, -0.2) is 19.6 Å². The molecule has 110 valence electrons. The molecule has 0 unspecified atom stereocenters. The average molecular weight is 288 g/mol. The maximum absolute atomic E-state index is 13.7. The third-order valence-electron chi connectivity index (χ3n) is 3.08. The lowest BCUT2D eigenvalue weighted by Gasteiger charge is -2.11. The van der Waals surface area contributed by atoms with Gasteiger partial charge >= 0.3 is 0 Å². The minimum atomic E-state index is -0.601. The van der Waals surface area contributed by atoms with Crippen LogP contribution in [0, 0.1) is 5.82 Å². The van der Waals surface area contributed by atoms with E-state index in [1.54, 1.807) is 13.2 Å². The number of benzene rings is 2. The molecule has 0 aliphatic carbocycles. The molecule has 4 nitrogen and oxygen atoms in total. The Hall–Kier alpha value is -2.40. The van der Waals surface area contributed by atoms with Crippen molar-refractivity contribution in [3.63, 3.8) is 0 Å². The SMILES string of the molecule is COCCc1ccccc1NC(=O)c1cc(N)ccc1F. The fourth-order valence-electron chi connectivity index (χ4n) is 1.98. The highest BCUT2D eigenvalue weighted by Gasteiger charge is 2.13. The Kier molecular flexibility index (Phi) is 4.90. The normalized spacial score (nSPS) is 10.4. The molecule has 0 heterocycles. The minimum Gasteiger partial charge on any atom is -0.399 e. The lowest BCUT2D eigenvalue weighted by molar-refractivity contribution is 0.102. The molecular weight excluding hydrogens is 271 g/mol. The first-order chi connectivity index (χ1) is 10.1. The topological polar surface area (TPSA) is 64.3 Å². The van der Waals surface area contributed by atoms with Gasteiger partial charge in [0.1, 0.15) is 5.82 Å². The molecule has 0 radical (unpaired) electrons. The summed E-state index contributed by atoms with van der Waals surface area (Å²) in [6, 6.07) is 11.3. The van der Waals surface area contributed by atoms with E-state index in [2.05, 4.69) is 5.32 Å². The second-order valence-electron chi connectivity index (χ2n) is 4.59. The molecule has 0 saturated heterocycles. The van der Waals surface area contributed by atoms with E-state index in [1.165, 1.54) is 18.2 Å². The van der Waals surface area contributed by atoms with Crippen molar-refractivity contribution in [3.05, 3.63) is 59.4 Å². The third-order valence-corrected chi connectivity index (χ3v) is 3.08. The molecule has 0 bridgehead atoms. The fourth-order valence-corrected chi connectivity index (χ4v) is 1.98. The van der Waals surface area contributed by atoms with Gasteiger partial charge in [-0.2, -0.15) is 0 Å². The van der Waals surface area contributed by atoms with Crippen molar-refractivity contribution in [2.75, 3.05) is 24.8 Å². The number of rotatable bonds is 5. The van der Waals surface area contributed by atoms with Crippen LogP contribution >= 0.6 is 0 Å². The molecule has 0 aliphatic rings.